The second kappa shape index (κ2) is 7.18. The molecule has 2 aromatic rings. The average molecular weight is 323 g/mol. The summed E-state index contributed by atoms with van der Waals surface area (Å²) in [6.07, 6.45) is 0.792. The van der Waals surface area contributed by atoms with Gasteiger partial charge in [0, 0.05) is 13.1 Å². The summed E-state index contributed by atoms with van der Waals surface area (Å²) < 4.78 is 18.7. The maximum Gasteiger partial charge on any atom is 0.298 e. The van der Waals surface area contributed by atoms with Crippen molar-refractivity contribution in [1.82, 2.24) is 4.90 Å². The van der Waals surface area contributed by atoms with Gasteiger partial charge in [0.1, 0.15) is 18.2 Å². The van der Waals surface area contributed by atoms with Gasteiger partial charge in [-0.15, -0.1) is 0 Å². The number of benzene rings is 2. The zero-order valence-corrected chi connectivity index (χ0v) is 13.5. The summed E-state index contributed by atoms with van der Waals surface area (Å²) in [5.41, 5.74) is 3.24. The van der Waals surface area contributed by atoms with Crippen LogP contribution in [-0.4, -0.2) is 17.4 Å². The second-order valence-electron chi connectivity index (χ2n) is 5.70. The van der Waals surface area contributed by atoms with E-state index in [2.05, 4.69) is 11.8 Å². The lowest BCUT2D eigenvalue weighted by Crippen LogP contribution is -2.35. The van der Waals surface area contributed by atoms with Gasteiger partial charge in [-0.25, -0.2) is 4.39 Å². The molecule has 1 amide bonds. The molecule has 0 radical (unpaired) electrons. The highest BCUT2D eigenvalue weighted by Gasteiger charge is 2.19. The van der Waals surface area contributed by atoms with Gasteiger partial charge in [0.15, 0.2) is 0 Å². The summed E-state index contributed by atoms with van der Waals surface area (Å²) >= 11 is 0. The van der Waals surface area contributed by atoms with Gasteiger partial charge in [-0.05, 0) is 60.2 Å². The Morgan fingerprint density at radius 1 is 1.21 bits per heavy atom. The van der Waals surface area contributed by atoms with Crippen molar-refractivity contribution in [1.29, 1.82) is 0 Å². The molecular formula is C20H18FNO2. The maximum atomic E-state index is 12.9. The monoisotopic (exact) mass is 323 g/mol. The number of nitrogens with zero attached hydrogens (tertiary/aromatic N) is 1. The van der Waals surface area contributed by atoms with Gasteiger partial charge in [0.05, 0.1) is 0 Å². The van der Waals surface area contributed by atoms with Crippen LogP contribution in [0.1, 0.15) is 23.6 Å². The van der Waals surface area contributed by atoms with Crippen LogP contribution in [0.2, 0.25) is 0 Å². The number of amides is 1. The van der Waals surface area contributed by atoms with E-state index in [9.17, 15) is 9.18 Å². The molecule has 0 atom stereocenters. The quantitative estimate of drug-likeness (QED) is 0.811. The molecule has 0 N–H and O–H groups in total. The van der Waals surface area contributed by atoms with Crippen molar-refractivity contribution in [2.45, 2.75) is 26.5 Å². The van der Waals surface area contributed by atoms with Gasteiger partial charge >= 0.3 is 0 Å². The SMILES string of the molecule is CC#CC(=O)N1CCc2cc(OCc3ccc(F)cc3)ccc2C1. The van der Waals surface area contributed by atoms with Crippen molar-refractivity contribution >= 4 is 5.91 Å². The predicted octanol–water partition coefficient (Wildman–Crippen LogP) is 3.31. The van der Waals surface area contributed by atoms with E-state index in [1.165, 1.54) is 17.7 Å². The largest absolute Gasteiger partial charge is 0.489 e. The van der Waals surface area contributed by atoms with Crippen LogP contribution in [0.4, 0.5) is 4.39 Å². The number of halogens is 1. The molecule has 0 bridgehead atoms. The molecular weight excluding hydrogens is 305 g/mol. The molecule has 24 heavy (non-hydrogen) atoms. The highest BCUT2D eigenvalue weighted by atomic mass is 19.1. The Kier molecular flexibility index (Phi) is 4.81. The lowest BCUT2D eigenvalue weighted by atomic mass is 9.99. The minimum Gasteiger partial charge on any atom is -0.489 e. The van der Waals surface area contributed by atoms with Crippen molar-refractivity contribution in [3.63, 3.8) is 0 Å². The molecule has 1 heterocycles. The van der Waals surface area contributed by atoms with E-state index in [0.717, 1.165) is 23.3 Å². The summed E-state index contributed by atoms with van der Waals surface area (Å²) in [7, 11) is 0. The molecule has 0 saturated heterocycles. The third-order valence-electron chi connectivity index (χ3n) is 4.03. The van der Waals surface area contributed by atoms with Crippen LogP contribution in [0.25, 0.3) is 0 Å². The van der Waals surface area contributed by atoms with Crippen LogP contribution < -0.4 is 4.74 Å². The Bertz CT molecular complexity index is 803. The zero-order valence-electron chi connectivity index (χ0n) is 13.5. The van der Waals surface area contributed by atoms with E-state index in [-0.39, 0.29) is 11.7 Å². The van der Waals surface area contributed by atoms with E-state index in [4.69, 9.17) is 4.74 Å². The predicted molar refractivity (Wildman–Crippen MR) is 89.7 cm³/mol. The van der Waals surface area contributed by atoms with Crippen molar-refractivity contribution in [2.75, 3.05) is 6.54 Å². The molecule has 0 unspecified atom stereocenters. The third kappa shape index (κ3) is 3.75. The lowest BCUT2D eigenvalue weighted by molar-refractivity contribution is -0.125. The van der Waals surface area contributed by atoms with E-state index in [1.54, 1.807) is 24.0 Å². The fourth-order valence-corrected chi connectivity index (χ4v) is 2.73. The summed E-state index contributed by atoms with van der Waals surface area (Å²) in [5, 5.41) is 0. The van der Waals surface area contributed by atoms with Crippen molar-refractivity contribution in [3.8, 4) is 17.6 Å². The van der Waals surface area contributed by atoms with Crippen LogP contribution in [-0.2, 0) is 24.4 Å². The first-order valence-corrected chi connectivity index (χ1v) is 7.86. The molecule has 0 fully saturated rings. The molecule has 122 valence electrons. The Labute approximate surface area is 141 Å². The molecule has 0 aliphatic carbocycles. The van der Waals surface area contributed by atoms with Gasteiger partial charge in [0.25, 0.3) is 5.91 Å². The minimum atomic E-state index is -0.251. The Balaban J connectivity index is 1.65. The molecule has 2 aromatic carbocycles. The highest BCUT2D eigenvalue weighted by molar-refractivity contribution is 5.93. The minimum absolute atomic E-state index is 0.125. The van der Waals surface area contributed by atoms with Gasteiger partial charge in [-0.2, -0.15) is 0 Å². The van der Waals surface area contributed by atoms with Crippen molar-refractivity contribution in [2.24, 2.45) is 0 Å². The number of rotatable bonds is 3. The van der Waals surface area contributed by atoms with E-state index >= 15 is 0 Å². The third-order valence-corrected chi connectivity index (χ3v) is 4.03. The number of carbonyl (C=O) groups excluding carboxylic acids is 1. The van der Waals surface area contributed by atoms with Gasteiger partial charge in [-0.1, -0.05) is 24.1 Å². The molecule has 3 rings (SSSR count). The normalized spacial score (nSPS) is 12.8. The molecule has 0 aromatic heterocycles. The standard InChI is InChI=1S/C20H18FNO2/c1-2-3-20(23)22-11-10-16-12-19(9-6-17(16)13-22)24-14-15-4-7-18(21)8-5-15/h4-9,12H,10-11,13-14H2,1H3. The molecule has 4 heteroatoms. The summed E-state index contributed by atoms with van der Waals surface area (Å²) in [6.45, 7) is 3.32. The Hall–Kier alpha value is -2.80. The first kappa shape index (κ1) is 16.1. The zero-order chi connectivity index (χ0) is 16.9. The molecule has 1 aliphatic rings. The average Bonchev–Trinajstić information content (AvgIpc) is 2.61. The van der Waals surface area contributed by atoms with Crippen LogP contribution in [0, 0.1) is 17.7 Å². The summed E-state index contributed by atoms with van der Waals surface area (Å²) in [4.78, 5) is 13.6. The smallest absolute Gasteiger partial charge is 0.298 e. The number of hydrogen-bond donors (Lipinski definition) is 0. The van der Waals surface area contributed by atoms with Gasteiger partial charge < -0.3 is 9.64 Å². The topological polar surface area (TPSA) is 29.5 Å². The van der Waals surface area contributed by atoms with Crippen molar-refractivity contribution < 1.29 is 13.9 Å². The first-order chi connectivity index (χ1) is 11.7. The van der Waals surface area contributed by atoms with Gasteiger partial charge in [-0.3, -0.25) is 4.79 Å². The van der Waals surface area contributed by atoms with Crippen LogP contribution in [0.3, 0.4) is 0 Å². The highest BCUT2D eigenvalue weighted by Crippen LogP contribution is 2.24. The molecule has 3 nitrogen and oxygen atoms in total. The van der Waals surface area contributed by atoms with E-state index in [0.29, 0.717) is 19.7 Å². The first-order valence-electron chi connectivity index (χ1n) is 7.86. The molecule has 0 saturated carbocycles. The number of ether oxygens (including phenoxy) is 1. The van der Waals surface area contributed by atoms with E-state index in [1.807, 2.05) is 18.2 Å². The fraction of sp³-hybridized carbons (Fsp3) is 0.250. The molecule has 0 spiro atoms. The summed E-state index contributed by atoms with van der Waals surface area (Å²) in [6, 6.07) is 12.2. The number of carbonyl (C=O) groups is 1. The molecule has 1 aliphatic heterocycles. The van der Waals surface area contributed by atoms with E-state index < -0.39 is 0 Å². The second-order valence-corrected chi connectivity index (χ2v) is 5.70. The van der Waals surface area contributed by atoms with Crippen LogP contribution in [0.5, 0.6) is 5.75 Å². The lowest BCUT2D eigenvalue weighted by Gasteiger charge is -2.27. The Morgan fingerprint density at radius 3 is 2.75 bits per heavy atom. The van der Waals surface area contributed by atoms with Crippen LogP contribution in [0.15, 0.2) is 42.5 Å². The number of fused-ring (bicyclic) bond motifs is 1. The maximum absolute atomic E-state index is 12.9. The Morgan fingerprint density at radius 2 is 2.00 bits per heavy atom. The summed E-state index contributed by atoms with van der Waals surface area (Å²) in [5.74, 6) is 5.64. The fourth-order valence-electron chi connectivity index (χ4n) is 2.73. The number of hydrogen-bond acceptors (Lipinski definition) is 2. The van der Waals surface area contributed by atoms with Crippen LogP contribution >= 0.6 is 0 Å². The van der Waals surface area contributed by atoms with Crippen molar-refractivity contribution in [3.05, 3.63) is 65.0 Å². The van der Waals surface area contributed by atoms with Gasteiger partial charge in [0.2, 0.25) is 0 Å².